The highest BCUT2D eigenvalue weighted by Gasteiger charge is 2.52. The summed E-state index contributed by atoms with van der Waals surface area (Å²) in [6.07, 6.45) is 0. The van der Waals surface area contributed by atoms with Crippen LogP contribution in [-0.4, -0.2) is 24.1 Å². The van der Waals surface area contributed by atoms with Crippen LogP contribution in [0.25, 0.3) is 100 Å². The normalized spacial score (nSPS) is 13.1. The number of hydrogen-bond acceptors (Lipinski definition) is 4. The van der Waals surface area contributed by atoms with E-state index in [1.54, 1.807) is 0 Å². The molecule has 6 nitrogen and oxygen atoms in total. The highest BCUT2D eigenvalue weighted by Crippen LogP contribution is 2.63. The van der Waals surface area contributed by atoms with Crippen LogP contribution in [0.3, 0.4) is 0 Å². The summed E-state index contributed by atoms with van der Waals surface area (Å²) >= 11 is 0. The smallest absolute Gasteiger partial charge is 0.164 e. The number of hydrogen-bond donors (Lipinski definition) is 0. The molecule has 13 aromatic rings. The Morgan fingerprint density at radius 2 is 0.900 bits per heavy atom. The third kappa shape index (κ3) is 5.35. The lowest BCUT2D eigenvalue weighted by Gasteiger charge is -2.39. The maximum absolute atomic E-state index is 6.78. The molecule has 4 heterocycles. The van der Waals surface area contributed by atoms with Gasteiger partial charge in [0.05, 0.1) is 27.5 Å². The fourth-order valence-electron chi connectivity index (χ4n) is 11.8. The SMILES string of the molecule is c1ccc(-c2nc(-c3ccccc3)nc(-c3cccc4c3-c3cc(-n5c6ccccc6c6c5ccc5c7ccccc7n(-c7ccccc7)c56)ccc3C43c4ccccc4Oc4ccccc43)n2)cc1. The lowest BCUT2D eigenvalue weighted by atomic mass is 9.66. The number of benzene rings is 10. The Bertz CT molecular complexity index is 4170. The van der Waals surface area contributed by atoms with Crippen LogP contribution < -0.4 is 4.74 Å². The summed E-state index contributed by atoms with van der Waals surface area (Å²) in [6.45, 7) is 0. The van der Waals surface area contributed by atoms with Gasteiger partial charge in [-0.25, -0.2) is 15.0 Å². The summed E-state index contributed by atoms with van der Waals surface area (Å²) in [5.74, 6) is 3.53. The quantitative estimate of drug-likeness (QED) is 0.173. The van der Waals surface area contributed by atoms with Crippen molar-refractivity contribution in [2.45, 2.75) is 5.41 Å². The van der Waals surface area contributed by atoms with Gasteiger partial charge in [-0.3, -0.25) is 0 Å². The van der Waals surface area contributed by atoms with E-state index in [1.807, 2.05) is 36.4 Å². The predicted molar refractivity (Wildman–Crippen MR) is 282 cm³/mol. The molecule has 70 heavy (non-hydrogen) atoms. The van der Waals surface area contributed by atoms with E-state index in [-0.39, 0.29) is 0 Å². The molecule has 1 aliphatic heterocycles. The van der Waals surface area contributed by atoms with Crippen LogP contribution >= 0.6 is 0 Å². The molecule has 0 bridgehead atoms. The van der Waals surface area contributed by atoms with E-state index in [4.69, 9.17) is 19.7 Å². The van der Waals surface area contributed by atoms with Crippen LogP contribution in [0.4, 0.5) is 0 Å². The number of rotatable bonds is 5. The molecule has 1 aliphatic carbocycles. The average molecular weight is 894 g/mol. The molecule has 0 atom stereocenters. The first-order valence-corrected chi connectivity index (χ1v) is 23.8. The first-order valence-electron chi connectivity index (χ1n) is 23.8. The lowest BCUT2D eigenvalue weighted by molar-refractivity contribution is 0.436. The Hall–Kier alpha value is -9.39. The summed E-state index contributed by atoms with van der Waals surface area (Å²) in [4.78, 5) is 15.8. The molecule has 0 radical (unpaired) electrons. The van der Waals surface area contributed by atoms with E-state index in [9.17, 15) is 0 Å². The van der Waals surface area contributed by atoms with Crippen molar-refractivity contribution < 1.29 is 4.74 Å². The zero-order valence-corrected chi connectivity index (χ0v) is 37.7. The molecule has 2 aliphatic rings. The monoisotopic (exact) mass is 893 g/mol. The van der Waals surface area contributed by atoms with Gasteiger partial charge < -0.3 is 13.9 Å². The van der Waals surface area contributed by atoms with Crippen molar-refractivity contribution in [3.63, 3.8) is 0 Å². The van der Waals surface area contributed by atoms with Crippen LogP contribution in [0.15, 0.2) is 237 Å². The fraction of sp³-hybridized carbons (Fsp3) is 0.0156. The largest absolute Gasteiger partial charge is 0.457 e. The van der Waals surface area contributed by atoms with E-state index in [1.165, 1.54) is 38.1 Å². The van der Waals surface area contributed by atoms with Gasteiger partial charge in [-0.2, -0.15) is 0 Å². The number of nitrogens with zero attached hydrogens (tertiary/aromatic N) is 5. The molecule has 6 heteroatoms. The Morgan fingerprint density at radius 3 is 1.59 bits per heavy atom. The maximum Gasteiger partial charge on any atom is 0.164 e. The summed E-state index contributed by atoms with van der Waals surface area (Å²) in [5, 5.41) is 4.86. The zero-order chi connectivity index (χ0) is 45.9. The van der Waals surface area contributed by atoms with Crippen molar-refractivity contribution in [1.29, 1.82) is 0 Å². The van der Waals surface area contributed by atoms with Crippen molar-refractivity contribution in [2.75, 3.05) is 0 Å². The second-order valence-electron chi connectivity index (χ2n) is 18.2. The number of aromatic nitrogens is 5. The summed E-state index contributed by atoms with van der Waals surface area (Å²) in [7, 11) is 0. The summed E-state index contributed by atoms with van der Waals surface area (Å²) in [5.41, 5.74) is 15.6. The van der Waals surface area contributed by atoms with Crippen molar-refractivity contribution in [2.24, 2.45) is 0 Å². The molecular formula is C64H39N5O. The minimum Gasteiger partial charge on any atom is -0.457 e. The third-order valence-electron chi connectivity index (χ3n) is 14.6. The van der Waals surface area contributed by atoms with Gasteiger partial charge in [0, 0.05) is 60.7 Å². The maximum atomic E-state index is 6.78. The number of para-hydroxylation sites is 5. The minimum atomic E-state index is -0.716. The van der Waals surface area contributed by atoms with Crippen LogP contribution in [0.5, 0.6) is 11.5 Å². The summed E-state index contributed by atoms with van der Waals surface area (Å²) < 4.78 is 11.7. The van der Waals surface area contributed by atoms with Gasteiger partial charge in [-0.05, 0) is 76.9 Å². The highest BCUT2D eigenvalue weighted by molar-refractivity contribution is 6.26. The molecular weight excluding hydrogens is 855 g/mol. The van der Waals surface area contributed by atoms with Crippen LogP contribution in [0.1, 0.15) is 22.3 Å². The molecule has 0 amide bonds. The molecule has 0 saturated heterocycles. The first-order chi connectivity index (χ1) is 34.7. The van der Waals surface area contributed by atoms with E-state index in [0.29, 0.717) is 17.5 Å². The molecule has 1 spiro atoms. The van der Waals surface area contributed by atoms with Crippen LogP contribution in [-0.2, 0) is 5.41 Å². The van der Waals surface area contributed by atoms with Gasteiger partial charge in [0.25, 0.3) is 0 Å². The number of fused-ring (bicyclic) bond motifs is 16. The topological polar surface area (TPSA) is 57.8 Å². The highest BCUT2D eigenvalue weighted by atomic mass is 16.5. The fourth-order valence-corrected chi connectivity index (χ4v) is 11.8. The Labute approximate surface area is 403 Å². The first kappa shape index (κ1) is 38.7. The van der Waals surface area contributed by atoms with E-state index >= 15 is 0 Å². The van der Waals surface area contributed by atoms with Gasteiger partial charge in [0.1, 0.15) is 11.5 Å². The molecule has 0 unspecified atom stereocenters. The molecule has 10 aromatic carbocycles. The van der Waals surface area contributed by atoms with E-state index in [2.05, 4.69) is 209 Å². The molecule has 15 rings (SSSR count). The summed E-state index contributed by atoms with van der Waals surface area (Å²) in [6, 6.07) is 84.2. The minimum absolute atomic E-state index is 0.611. The van der Waals surface area contributed by atoms with Crippen molar-refractivity contribution in [1.82, 2.24) is 24.1 Å². The predicted octanol–water partition coefficient (Wildman–Crippen LogP) is 15.5. The van der Waals surface area contributed by atoms with Crippen LogP contribution in [0.2, 0.25) is 0 Å². The molecule has 0 N–H and O–H groups in total. The second kappa shape index (κ2) is 14.8. The second-order valence-corrected chi connectivity index (χ2v) is 18.2. The van der Waals surface area contributed by atoms with E-state index in [0.717, 1.165) is 78.4 Å². The Balaban J connectivity index is 1.05. The van der Waals surface area contributed by atoms with Crippen molar-refractivity contribution >= 4 is 43.6 Å². The zero-order valence-electron chi connectivity index (χ0n) is 37.7. The van der Waals surface area contributed by atoms with Gasteiger partial charge >= 0.3 is 0 Å². The van der Waals surface area contributed by atoms with Crippen molar-refractivity contribution in [3.05, 3.63) is 259 Å². The average Bonchev–Trinajstić information content (AvgIpc) is 4.06. The van der Waals surface area contributed by atoms with Gasteiger partial charge in [0.2, 0.25) is 0 Å². The van der Waals surface area contributed by atoms with E-state index < -0.39 is 5.41 Å². The number of ether oxygens (including phenoxy) is 1. The standard InChI is InChI=1S/C64H39N5O/c1-4-19-40(20-5-1)61-65-62(41-21-6-2-7-22-41)67-63(66-61)47-27-18-30-52-58(47)48-39-43(35-37-49(48)64(52)50-28-12-16-33-56(50)70-57-34-17-13-29-51(57)64)68-54-32-15-11-26-46(54)59-55(68)38-36-45-44-25-10-14-31-53(44)69(60(45)59)42-23-8-3-9-24-42/h1-39H. The molecule has 0 fully saturated rings. The van der Waals surface area contributed by atoms with Gasteiger partial charge in [-0.15, -0.1) is 0 Å². The molecule has 0 saturated carbocycles. The molecule has 326 valence electrons. The van der Waals surface area contributed by atoms with Gasteiger partial charge in [-0.1, -0.05) is 182 Å². The third-order valence-corrected chi connectivity index (χ3v) is 14.6. The van der Waals surface area contributed by atoms with Crippen molar-refractivity contribution in [3.8, 4) is 68.2 Å². The van der Waals surface area contributed by atoms with Gasteiger partial charge in [0.15, 0.2) is 17.5 Å². The van der Waals surface area contributed by atoms with Crippen LogP contribution in [0, 0.1) is 0 Å². The molecule has 3 aromatic heterocycles. The lowest BCUT2D eigenvalue weighted by Crippen LogP contribution is -2.32. The Morgan fingerprint density at radius 1 is 0.343 bits per heavy atom. The Kier molecular flexibility index (Phi) is 8.18.